The van der Waals surface area contributed by atoms with Crippen molar-refractivity contribution in [1.82, 2.24) is 56.3 Å². The normalized spacial score (nSPS) is 16.1. The van der Waals surface area contributed by atoms with Crippen molar-refractivity contribution in [3.8, 4) is 0 Å². The van der Waals surface area contributed by atoms with Gasteiger partial charge in [0.05, 0.1) is 30.1 Å². The number of rotatable bonds is 41. The molecule has 0 saturated carbocycles. The Labute approximate surface area is 529 Å². The van der Waals surface area contributed by atoms with E-state index in [2.05, 4.69) is 52.5 Å². The number of nitrogens with two attached hydrogens (primary N) is 5. The molecule has 31 heteroatoms. The van der Waals surface area contributed by atoms with Gasteiger partial charge in [-0.25, -0.2) is 4.98 Å². The number of likely N-dealkylation sites (tertiary alicyclic amines) is 1. The van der Waals surface area contributed by atoms with Crippen molar-refractivity contribution in [2.24, 2.45) is 45.5 Å². The van der Waals surface area contributed by atoms with Crippen LogP contribution in [0.25, 0.3) is 11.2 Å². The van der Waals surface area contributed by atoms with Gasteiger partial charge in [0.15, 0.2) is 22.9 Å². The summed E-state index contributed by atoms with van der Waals surface area (Å²) in [5.41, 5.74) is 30.9. The largest absolute Gasteiger partial charge is 0.463 e. The molecule has 2 aromatic heterocycles. The van der Waals surface area contributed by atoms with Crippen LogP contribution in [0.4, 0.5) is 11.8 Å². The number of imidazole rings is 1. The number of aliphatic imine (C=N–C) groups is 1. The molecule has 18 N–H and O–H groups in total. The van der Waals surface area contributed by atoms with Gasteiger partial charge in [-0.3, -0.25) is 57.8 Å². The van der Waals surface area contributed by atoms with Gasteiger partial charge < -0.3 is 80.5 Å². The van der Waals surface area contributed by atoms with Crippen LogP contribution in [0, 0.1) is 11.8 Å². The van der Waals surface area contributed by atoms with Crippen molar-refractivity contribution < 1.29 is 52.7 Å². The fraction of sp³-hybridized carbons (Fsp3) is 0.627. The van der Waals surface area contributed by atoms with Crippen molar-refractivity contribution in [3.05, 3.63) is 42.2 Å². The Morgan fingerprint density at radius 3 is 1.93 bits per heavy atom. The lowest BCUT2D eigenvalue weighted by Gasteiger charge is -2.30. The molecule has 3 heterocycles. The molecule has 30 nitrogen and oxygen atoms in total. The van der Waals surface area contributed by atoms with E-state index in [0.29, 0.717) is 68.1 Å². The molecule has 1 fully saturated rings. The number of thioether (sulfide) groups is 1. The van der Waals surface area contributed by atoms with Crippen molar-refractivity contribution in [1.29, 1.82) is 0 Å². The predicted octanol–water partition coefficient (Wildman–Crippen LogP) is 0.0414. The molecular weight excluding hydrogens is 1180 g/mol. The summed E-state index contributed by atoms with van der Waals surface area (Å²) in [6.45, 7) is 13.6. The predicted molar refractivity (Wildman–Crippen MR) is 342 cm³/mol. The first-order valence-corrected chi connectivity index (χ1v) is 31.8. The Hall–Kier alpha value is -8.19. The standard InChI is InChI=1S/C59H95N19O11S/c1-9-34(6)46(55(86)65-8)73-53(84)39(20-15-16-25-60)72-56(87)47(35(7)10-2)74-54(85)41(22-23-43(62)79)71-52(83)40(21-17-26-66-58(63)64)70-51(82)38(61)31-90-42-28-44(80)77(57(42)88)27-24-45(81)89-30-37(11-3)69-59-75-49(67-29-36-18-13-12-14-19-36)48-50(76-59)78(32-68-48)33(4)5/h12-14,18-19,32-35,37-42,46-47H,9-11,15-17,20-31,60-61H2,1-8H3,(H2,62,79)(H,65,86)(H,70,82)(H,71,83)(H,72,87)(H,73,84)(H,74,85)(H4,63,64,66)(H2,67,69,75,76). The molecule has 0 bridgehead atoms. The average molecular weight is 1280 g/mol. The van der Waals surface area contributed by atoms with Gasteiger partial charge in [0.2, 0.25) is 59.1 Å². The van der Waals surface area contributed by atoms with Gasteiger partial charge in [-0.15, -0.1) is 11.8 Å². The van der Waals surface area contributed by atoms with Crippen molar-refractivity contribution in [2.45, 2.75) is 186 Å². The second-order valence-electron chi connectivity index (χ2n) is 22.6. The Kier molecular flexibility index (Phi) is 31.1. The number of primary amides is 1. The van der Waals surface area contributed by atoms with Gasteiger partial charge in [-0.05, 0) is 82.7 Å². The fourth-order valence-electron chi connectivity index (χ4n) is 9.46. The van der Waals surface area contributed by atoms with Gasteiger partial charge in [0.1, 0.15) is 36.8 Å². The quantitative estimate of drug-likeness (QED) is 0.0117. The van der Waals surface area contributed by atoms with Crippen LogP contribution in [0.3, 0.4) is 0 Å². The first kappa shape index (κ1) is 74.3. The van der Waals surface area contributed by atoms with Crippen molar-refractivity contribution in [3.63, 3.8) is 0 Å². The van der Waals surface area contributed by atoms with Gasteiger partial charge >= 0.3 is 5.97 Å². The zero-order valence-corrected chi connectivity index (χ0v) is 53.8. The number of esters is 1. The fourth-order valence-corrected chi connectivity index (χ4v) is 10.6. The van der Waals surface area contributed by atoms with Gasteiger partial charge in [-0.2, -0.15) is 9.97 Å². The molecule has 1 aliphatic rings. The zero-order valence-electron chi connectivity index (χ0n) is 53.0. The van der Waals surface area contributed by atoms with Crippen LogP contribution in [0.1, 0.15) is 137 Å². The van der Waals surface area contributed by atoms with E-state index in [1.165, 1.54) is 7.05 Å². The minimum atomic E-state index is -1.50. The molecule has 10 unspecified atom stereocenters. The number of anilines is 2. The number of benzene rings is 1. The van der Waals surface area contributed by atoms with Crippen LogP contribution in [-0.2, 0) is 59.2 Å². The third-order valence-corrected chi connectivity index (χ3v) is 16.7. The molecule has 1 aliphatic heterocycles. The smallest absolute Gasteiger partial charge is 0.307 e. The topological polar surface area (TPSA) is 465 Å². The maximum absolute atomic E-state index is 14.2. The molecule has 9 amide bonds. The van der Waals surface area contributed by atoms with Crippen LogP contribution < -0.4 is 71.2 Å². The van der Waals surface area contributed by atoms with Gasteiger partial charge in [0, 0.05) is 51.3 Å². The third-order valence-electron chi connectivity index (χ3n) is 15.4. The highest BCUT2D eigenvalue weighted by Gasteiger charge is 2.40. The van der Waals surface area contributed by atoms with E-state index in [-0.39, 0.29) is 88.3 Å². The van der Waals surface area contributed by atoms with Crippen molar-refractivity contribution >= 4 is 99.8 Å². The Balaban J connectivity index is 1.39. The summed E-state index contributed by atoms with van der Waals surface area (Å²) in [5, 5.41) is 21.6. The number of carbonyl (C=O) groups excluding carboxylic acids is 10. The van der Waals surface area contributed by atoms with E-state index < -0.39 is 113 Å². The molecule has 10 atom stereocenters. The first-order chi connectivity index (χ1) is 42.8. The number of guanidine groups is 1. The minimum Gasteiger partial charge on any atom is -0.463 e. The SMILES string of the molecule is CCC(COC(=O)CCN1C(=O)CC(SCC(N)C(=O)NC(CCCN=C(N)N)C(=O)NC(CCC(N)=O)C(=O)NC(C(=O)NC(CCCCN)C(=O)NC(C(=O)NC)C(C)CC)C(C)CC)C1=O)Nc1nc(NCc2ccccc2)c2ncn(C(C)C)c2n1. The third kappa shape index (κ3) is 23.3. The molecule has 1 aromatic carbocycles. The number of nitrogens with zero attached hydrogens (tertiary/aromatic N) is 6. The van der Waals surface area contributed by atoms with E-state index in [9.17, 15) is 47.9 Å². The van der Waals surface area contributed by atoms with Gasteiger partial charge in [-0.1, -0.05) is 77.8 Å². The number of hydrogen-bond acceptors (Lipinski definition) is 20. The number of carbonyl (C=O) groups is 10. The van der Waals surface area contributed by atoms with Crippen LogP contribution in [0.5, 0.6) is 0 Å². The molecule has 3 aromatic rings. The Bertz CT molecular complexity index is 2930. The highest BCUT2D eigenvalue weighted by Crippen LogP contribution is 2.27. The lowest BCUT2D eigenvalue weighted by atomic mass is 9.96. The molecule has 0 radical (unpaired) electrons. The number of fused-ring (bicyclic) bond motifs is 1. The molecule has 498 valence electrons. The van der Waals surface area contributed by atoms with Crippen LogP contribution in [0.2, 0.25) is 0 Å². The summed E-state index contributed by atoms with van der Waals surface area (Å²) >= 11 is 0.944. The summed E-state index contributed by atoms with van der Waals surface area (Å²) in [4.78, 5) is 154. The van der Waals surface area contributed by atoms with Crippen molar-refractivity contribution in [2.75, 3.05) is 49.7 Å². The van der Waals surface area contributed by atoms with E-state index in [1.54, 1.807) is 27.1 Å². The zero-order chi connectivity index (χ0) is 66.6. The number of amides is 9. The number of ether oxygens (including phenoxy) is 1. The molecule has 1 saturated heterocycles. The van der Waals surface area contributed by atoms with E-state index in [4.69, 9.17) is 43.4 Å². The second kappa shape index (κ2) is 37.7. The second-order valence-corrected chi connectivity index (χ2v) is 23.9. The maximum Gasteiger partial charge on any atom is 0.307 e. The highest BCUT2D eigenvalue weighted by molar-refractivity contribution is 8.00. The molecule has 90 heavy (non-hydrogen) atoms. The van der Waals surface area contributed by atoms with E-state index in [1.807, 2.05) is 62.6 Å². The maximum atomic E-state index is 14.2. The summed E-state index contributed by atoms with van der Waals surface area (Å²) < 4.78 is 7.54. The Morgan fingerprint density at radius 1 is 0.744 bits per heavy atom. The van der Waals surface area contributed by atoms with E-state index >= 15 is 0 Å². The van der Waals surface area contributed by atoms with Crippen LogP contribution in [-0.4, -0.2) is 176 Å². The molecular formula is C59H95N19O11S. The monoisotopic (exact) mass is 1280 g/mol. The molecule has 4 rings (SSSR count). The Morgan fingerprint density at radius 2 is 1.34 bits per heavy atom. The minimum absolute atomic E-state index is 0.0350. The lowest BCUT2D eigenvalue weighted by Crippen LogP contribution is -2.61. The summed E-state index contributed by atoms with van der Waals surface area (Å²) in [5.74, 6) is -7.35. The summed E-state index contributed by atoms with van der Waals surface area (Å²) in [6, 6.07) is 1.94. The first-order valence-electron chi connectivity index (χ1n) is 30.8. The average Bonchev–Trinajstić information content (AvgIpc) is 2.02. The number of nitrogens with one attached hydrogen (secondary N) is 8. The number of likely N-dealkylation sites (N-methyl/N-ethyl adjacent to an activating group) is 1. The van der Waals surface area contributed by atoms with Crippen LogP contribution >= 0.6 is 11.8 Å². The van der Waals surface area contributed by atoms with Gasteiger partial charge in [0.25, 0.3) is 0 Å². The lowest BCUT2D eigenvalue weighted by molar-refractivity contribution is -0.146. The number of imide groups is 1. The number of aromatic nitrogens is 4. The number of hydrogen-bond donors (Lipinski definition) is 13. The summed E-state index contributed by atoms with van der Waals surface area (Å²) in [6.07, 6.45) is 3.12. The van der Waals surface area contributed by atoms with E-state index in [0.717, 1.165) is 22.2 Å². The summed E-state index contributed by atoms with van der Waals surface area (Å²) in [7, 11) is 1.45. The van der Waals surface area contributed by atoms with Crippen LogP contribution in [0.15, 0.2) is 41.7 Å². The number of unbranched alkanes of at least 4 members (excludes halogenated alkanes) is 1. The highest BCUT2D eigenvalue weighted by atomic mass is 32.2. The molecule has 0 aliphatic carbocycles. The molecule has 0 spiro atoms.